The van der Waals surface area contributed by atoms with Crippen molar-refractivity contribution < 1.29 is 9.94 Å². The Hall–Kier alpha value is -1.82. The van der Waals surface area contributed by atoms with Gasteiger partial charge in [-0.3, -0.25) is 0 Å². The number of oxime groups is 1. The standard InChI is InChI=1S/C14H22N4O2/c1-9-6-10(2)16-14(12(9)13(15)17-19)18-5-4-11(7-18)8-20-3/h6,11,19H,4-5,7-8H2,1-3H3,(H2,15,17). The summed E-state index contributed by atoms with van der Waals surface area (Å²) in [4.78, 5) is 6.78. The fourth-order valence-electron chi connectivity index (χ4n) is 2.81. The number of nitrogens with two attached hydrogens (primary N) is 1. The minimum Gasteiger partial charge on any atom is -0.409 e. The van der Waals surface area contributed by atoms with Crippen molar-refractivity contribution >= 4 is 11.7 Å². The van der Waals surface area contributed by atoms with Crippen molar-refractivity contribution in [3.63, 3.8) is 0 Å². The Balaban J connectivity index is 2.36. The van der Waals surface area contributed by atoms with Gasteiger partial charge in [-0.15, -0.1) is 0 Å². The summed E-state index contributed by atoms with van der Waals surface area (Å²) in [5.74, 6) is 1.42. The number of hydrogen-bond acceptors (Lipinski definition) is 5. The average molecular weight is 278 g/mol. The number of pyridine rings is 1. The normalized spacial score (nSPS) is 19.6. The summed E-state index contributed by atoms with van der Waals surface area (Å²) in [6, 6.07) is 1.94. The maximum Gasteiger partial charge on any atom is 0.174 e. The second-order valence-corrected chi connectivity index (χ2v) is 5.32. The molecule has 2 heterocycles. The molecule has 0 amide bonds. The Kier molecular flexibility index (Phi) is 4.44. The highest BCUT2D eigenvalue weighted by Gasteiger charge is 2.27. The lowest BCUT2D eigenvalue weighted by atomic mass is 10.1. The molecule has 3 N–H and O–H groups in total. The Morgan fingerprint density at radius 2 is 2.35 bits per heavy atom. The van der Waals surface area contributed by atoms with E-state index >= 15 is 0 Å². The summed E-state index contributed by atoms with van der Waals surface area (Å²) < 4.78 is 5.22. The lowest BCUT2D eigenvalue weighted by Crippen LogP contribution is -2.27. The molecule has 1 unspecified atom stereocenters. The molecule has 0 bridgehead atoms. The van der Waals surface area contributed by atoms with Crippen molar-refractivity contribution in [2.45, 2.75) is 20.3 Å². The van der Waals surface area contributed by atoms with E-state index in [2.05, 4.69) is 15.0 Å². The fraction of sp³-hybridized carbons (Fsp3) is 0.571. The Labute approximate surface area is 119 Å². The maximum absolute atomic E-state index is 8.98. The number of ether oxygens (including phenoxy) is 1. The molecule has 1 saturated heterocycles. The first-order chi connectivity index (χ1) is 9.56. The summed E-state index contributed by atoms with van der Waals surface area (Å²) in [6.07, 6.45) is 1.07. The summed E-state index contributed by atoms with van der Waals surface area (Å²) in [5.41, 5.74) is 8.44. The first-order valence-electron chi connectivity index (χ1n) is 6.76. The third-order valence-electron chi connectivity index (χ3n) is 3.68. The molecule has 0 aromatic carbocycles. The van der Waals surface area contributed by atoms with Crippen LogP contribution in [0.3, 0.4) is 0 Å². The number of anilines is 1. The topological polar surface area (TPSA) is 84.0 Å². The van der Waals surface area contributed by atoms with Crippen molar-refractivity contribution in [2.24, 2.45) is 16.8 Å². The van der Waals surface area contributed by atoms with Gasteiger partial charge in [-0.25, -0.2) is 4.98 Å². The van der Waals surface area contributed by atoms with Crippen molar-refractivity contribution in [1.29, 1.82) is 0 Å². The predicted molar refractivity (Wildman–Crippen MR) is 78.4 cm³/mol. The molecule has 1 aliphatic heterocycles. The van der Waals surface area contributed by atoms with E-state index in [1.165, 1.54) is 0 Å². The Morgan fingerprint density at radius 1 is 1.60 bits per heavy atom. The molecule has 1 aliphatic rings. The number of rotatable bonds is 4. The lowest BCUT2D eigenvalue weighted by Gasteiger charge is -2.22. The van der Waals surface area contributed by atoms with Crippen LogP contribution in [-0.2, 0) is 4.74 Å². The highest BCUT2D eigenvalue weighted by Crippen LogP contribution is 2.28. The van der Waals surface area contributed by atoms with E-state index in [0.29, 0.717) is 5.92 Å². The van der Waals surface area contributed by atoms with E-state index < -0.39 is 0 Å². The van der Waals surface area contributed by atoms with Crippen LogP contribution in [0.4, 0.5) is 5.82 Å². The van der Waals surface area contributed by atoms with Crippen molar-refractivity contribution in [2.75, 3.05) is 31.7 Å². The van der Waals surface area contributed by atoms with Crippen molar-refractivity contribution in [1.82, 2.24) is 4.98 Å². The van der Waals surface area contributed by atoms with Crippen LogP contribution >= 0.6 is 0 Å². The smallest absolute Gasteiger partial charge is 0.174 e. The first-order valence-corrected chi connectivity index (χ1v) is 6.76. The molecule has 1 aromatic heterocycles. The van der Waals surface area contributed by atoms with Crippen LogP contribution in [0.1, 0.15) is 23.2 Å². The highest BCUT2D eigenvalue weighted by atomic mass is 16.5. The van der Waals surface area contributed by atoms with Gasteiger partial charge in [0.1, 0.15) is 5.82 Å². The zero-order valence-corrected chi connectivity index (χ0v) is 12.3. The number of aromatic nitrogens is 1. The van der Waals surface area contributed by atoms with E-state index in [1.807, 2.05) is 19.9 Å². The monoisotopic (exact) mass is 278 g/mol. The predicted octanol–water partition coefficient (Wildman–Crippen LogP) is 1.27. The minimum atomic E-state index is 0.111. The Morgan fingerprint density at radius 3 is 3.00 bits per heavy atom. The molecule has 0 spiro atoms. The molecule has 0 radical (unpaired) electrons. The average Bonchev–Trinajstić information content (AvgIpc) is 2.86. The van der Waals surface area contributed by atoms with Gasteiger partial charge in [0.2, 0.25) is 0 Å². The summed E-state index contributed by atoms with van der Waals surface area (Å²) in [5, 5.41) is 12.1. The molecular weight excluding hydrogens is 256 g/mol. The SMILES string of the molecule is COCC1CCN(c2nc(C)cc(C)c2C(N)=NO)C1. The van der Waals surface area contributed by atoms with Gasteiger partial charge in [0, 0.05) is 31.8 Å². The zero-order chi connectivity index (χ0) is 14.7. The van der Waals surface area contributed by atoms with Crippen LogP contribution in [0.5, 0.6) is 0 Å². The van der Waals surface area contributed by atoms with Crippen LogP contribution < -0.4 is 10.6 Å². The largest absolute Gasteiger partial charge is 0.409 e. The summed E-state index contributed by atoms with van der Waals surface area (Å²) in [7, 11) is 1.72. The third-order valence-corrected chi connectivity index (χ3v) is 3.68. The van der Waals surface area contributed by atoms with Gasteiger partial charge in [0.05, 0.1) is 12.2 Å². The lowest BCUT2D eigenvalue weighted by molar-refractivity contribution is 0.161. The van der Waals surface area contributed by atoms with Gasteiger partial charge in [0.25, 0.3) is 0 Å². The summed E-state index contributed by atoms with van der Waals surface area (Å²) in [6.45, 7) is 6.45. The molecule has 6 nitrogen and oxygen atoms in total. The number of methoxy groups -OCH3 is 1. The second kappa shape index (κ2) is 6.09. The molecule has 2 rings (SSSR count). The van der Waals surface area contributed by atoms with Crippen molar-refractivity contribution in [3.05, 3.63) is 22.9 Å². The number of nitrogens with zero attached hydrogens (tertiary/aromatic N) is 3. The van der Waals surface area contributed by atoms with Gasteiger partial charge in [-0.1, -0.05) is 5.16 Å². The summed E-state index contributed by atoms with van der Waals surface area (Å²) >= 11 is 0. The quantitative estimate of drug-likeness (QED) is 0.375. The van der Waals surface area contributed by atoms with E-state index in [9.17, 15) is 0 Å². The molecule has 1 fully saturated rings. The second-order valence-electron chi connectivity index (χ2n) is 5.32. The van der Waals surface area contributed by atoms with E-state index in [1.54, 1.807) is 7.11 Å². The molecule has 0 saturated carbocycles. The van der Waals surface area contributed by atoms with Crippen LogP contribution in [0.15, 0.2) is 11.2 Å². The molecule has 1 aromatic rings. The zero-order valence-electron chi connectivity index (χ0n) is 12.3. The van der Waals surface area contributed by atoms with E-state index in [0.717, 1.165) is 48.8 Å². The van der Waals surface area contributed by atoms with Gasteiger partial charge in [0.15, 0.2) is 5.84 Å². The van der Waals surface area contributed by atoms with Crippen LogP contribution in [-0.4, -0.2) is 42.8 Å². The van der Waals surface area contributed by atoms with Gasteiger partial charge in [-0.05, 0) is 31.9 Å². The van der Waals surface area contributed by atoms with Crippen LogP contribution in [0, 0.1) is 19.8 Å². The van der Waals surface area contributed by atoms with Gasteiger partial charge >= 0.3 is 0 Å². The van der Waals surface area contributed by atoms with Gasteiger partial charge in [-0.2, -0.15) is 0 Å². The number of hydrogen-bond donors (Lipinski definition) is 2. The molecular formula is C14H22N4O2. The van der Waals surface area contributed by atoms with E-state index in [4.69, 9.17) is 15.7 Å². The third kappa shape index (κ3) is 2.85. The number of amidine groups is 1. The molecule has 1 atom stereocenters. The van der Waals surface area contributed by atoms with E-state index in [-0.39, 0.29) is 5.84 Å². The van der Waals surface area contributed by atoms with Crippen LogP contribution in [0.25, 0.3) is 0 Å². The molecule has 6 heteroatoms. The minimum absolute atomic E-state index is 0.111. The maximum atomic E-state index is 8.98. The first kappa shape index (κ1) is 14.6. The van der Waals surface area contributed by atoms with Crippen LogP contribution in [0.2, 0.25) is 0 Å². The molecule has 110 valence electrons. The van der Waals surface area contributed by atoms with Crippen molar-refractivity contribution in [3.8, 4) is 0 Å². The number of aryl methyl sites for hydroxylation is 2. The molecule has 20 heavy (non-hydrogen) atoms. The van der Waals surface area contributed by atoms with Gasteiger partial charge < -0.3 is 20.6 Å². The highest BCUT2D eigenvalue weighted by molar-refractivity contribution is 6.02. The molecule has 0 aliphatic carbocycles. The fourth-order valence-corrected chi connectivity index (χ4v) is 2.81. The Bertz CT molecular complexity index is 516.